The van der Waals surface area contributed by atoms with Crippen LogP contribution in [0.25, 0.3) is 0 Å². The summed E-state index contributed by atoms with van der Waals surface area (Å²) in [7, 11) is 1.80. The minimum atomic E-state index is 0.514. The van der Waals surface area contributed by atoms with Crippen LogP contribution in [-0.4, -0.2) is 13.2 Å². The summed E-state index contributed by atoms with van der Waals surface area (Å²) >= 11 is 0. The molecule has 1 aliphatic carbocycles. The van der Waals surface area contributed by atoms with Gasteiger partial charge in [-0.1, -0.05) is 12.2 Å². The minimum Gasteiger partial charge on any atom is -0.381 e. The van der Waals surface area contributed by atoms with E-state index in [1.54, 1.807) is 7.11 Å². The fourth-order valence-corrected chi connectivity index (χ4v) is 1.18. The molecule has 0 aliphatic heterocycles. The van der Waals surface area contributed by atoms with Crippen LogP contribution in [-0.2, 0) is 4.74 Å². The van der Waals surface area contributed by atoms with Crippen LogP contribution in [0.5, 0.6) is 0 Å². The van der Waals surface area contributed by atoms with Crippen molar-refractivity contribution in [1.82, 2.24) is 0 Å². The number of hydrogen-bond acceptors (Lipinski definition) is 1. The molecule has 0 heterocycles. The van der Waals surface area contributed by atoms with E-state index in [1.165, 1.54) is 25.7 Å². The predicted molar refractivity (Wildman–Crippen MR) is 38.4 cm³/mol. The standard InChI is InChI=1S/C8H14O/c1-9-8-6-4-2-3-5-7-8/h2-3,8H,4-7H2,1H3. The number of rotatable bonds is 1. The Morgan fingerprint density at radius 1 is 1.22 bits per heavy atom. The maximum Gasteiger partial charge on any atom is 0.0577 e. The van der Waals surface area contributed by atoms with Crippen molar-refractivity contribution < 1.29 is 4.74 Å². The van der Waals surface area contributed by atoms with Gasteiger partial charge in [0.05, 0.1) is 6.10 Å². The van der Waals surface area contributed by atoms with Gasteiger partial charge in [0, 0.05) is 7.11 Å². The Labute approximate surface area is 56.7 Å². The van der Waals surface area contributed by atoms with Crippen molar-refractivity contribution in [2.45, 2.75) is 31.8 Å². The SMILES string of the molecule is COC1CCC=CCC1. The molecule has 1 heteroatoms. The Kier molecular flexibility index (Phi) is 2.78. The second-order valence-corrected chi connectivity index (χ2v) is 2.48. The second kappa shape index (κ2) is 3.67. The Morgan fingerprint density at radius 3 is 2.22 bits per heavy atom. The van der Waals surface area contributed by atoms with E-state index in [4.69, 9.17) is 4.74 Å². The molecule has 0 saturated carbocycles. The lowest BCUT2D eigenvalue weighted by atomic mass is 10.1. The predicted octanol–water partition coefficient (Wildman–Crippen LogP) is 2.13. The van der Waals surface area contributed by atoms with E-state index in [-0.39, 0.29) is 0 Å². The highest BCUT2D eigenvalue weighted by Crippen LogP contribution is 2.13. The van der Waals surface area contributed by atoms with E-state index in [0.29, 0.717) is 6.10 Å². The lowest BCUT2D eigenvalue weighted by Gasteiger charge is -2.09. The fraction of sp³-hybridized carbons (Fsp3) is 0.750. The largest absolute Gasteiger partial charge is 0.381 e. The monoisotopic (exact) mass is 126 g/mol. The molecule has 1 rings (SSSR count). The normalized spacial score (nSPS) is 21.9. The number of ether oxygens (including phenoxy) is 1. The molecular weight excluding hydrogens is 112 g/mol. The second-order valence-electron chi connectivity index (χ2n) is 2.48. The third-order valence-corrected chi connectivity index (χ3v) is 1.81. The summed E-state index contributed by atoms with van der Waals surface area (Å²) in [4.78, 5) is 0. The average Bonchev–Trinajstić information content (AvgIpc) is 2.13. The third-order valence-electron chi connectivity index (χ3n) is 1.81. The van der Waals surface area contributed by atoms with Crippen molar-refractivity contribution in [3.8, 4) is 0 Å². The van der Waals surface area contributed by atoms with Gasteiger partial charge in [0.25, 0.3) is 0 Å². The molecule has 1 nitrogen and oxygen atoms in total. The highest BCUT2D eigenvalue weighted by molar-refractivity contribution is 4.86. The van der Waals surface area contributed by atoms with Gasteiger partial charge in [0.2, 0.25) is 0 Å². The van der Waals surface area contributed by atoms with Gasteiger partial charge in [0.15, 0.2) is 0 Å². The molecule has 0 fully saturated rings. The topological polar surface area (TPSA) is 9.23 Å². The molecule has 52 valence electrons. The van der Waals surface area contributed by atoms with Gasteiger partial charge >= 0.3 is 0 Å². The van der Waals surface area contributed by atoms with Crippen LogP contribution < -0.4 is 0 Å². The molecule has 0 saturated heterocycles. The molecule has 0 aromatic rings. The lowest BCUT2D eigenvalue weighted by molar-refractivity contribution is 0.0913. The molecule has 0 radical (unpaired) electrons. The average molecular weight is 126 g/mol. The van der Waals surface area contributed by atoms with E-state index in [9.17, 15) is 0 Å². The Morgan fingerprint density at radius 2 is 1.78 bits per heavy atom. The maximum absolute atomic E-state index is 5.23. The van der Waals surface area contributed by atoms with E-state index < -0.39 is 0 Å². The van der Waals surface area contributed by atoms with Crippen LogP contribution in [0.2, 0.25) is 0 Å². The Bertz CT molecular complexity index is 86.7. The van der Waals surface area contributed by atoms with Crippen LogP contribution in [0.15, 0.2) is 12.2 Å². The molecule has 9 heavy (non-hydrogen) atoms. The summed E-state index contributed by atoms with van der Waals surface area (Å²) in [6.07, 6.45) is 9.80. The van der Waals surface area contributed by atoms with Crippen molar-refractivity contribution >= 4 is 0 Å². The Hall–Kier alpha value is -0.300. The molecule has 0 aromatic carbocycles. The van der Waals surface area contributed by atoms with Crippen LogP contribution in [0.1, 0.15) is 25.7 Å². The summed E-state index contributed by atoms with van der Waals surface area (Å²) in [5, 5.41) is 0. The third kappa shape index (κ3) is 2.19. The molecular formula is C8H14O. The first-order valence-electron chi connectivity index (χ1n) is 3.61. The highest BCUT2D eigenvalue weighted by atomic mass is 16.5. The first-order valence-corrected chi connectivity index (χ1v) is 3.61. The van der Waals surface area contributed by atoms with Crippen molar-refractivity contribution in [3.63, 3.8) is 0 Å². The zero-order valence-corrected chi connectivity index (χ0v) is 5.97. The van der Waals surface area contributed by atoms with Gasteiger partial charge in [-0.3, -0.25) is 0 Å². The molecule has 0 N–H and O–H groups in total. The minimum absolute atomic E-state index is 0.514. The Balaban J connectivity index is 2.26. The van der Waals surface area contributed by atoms with E-state index in [0.717, 1.165) is 0 Å². The van der Waals surface area contributed by atoms with Crippen LogP contribution in [0.3, 0.4) is 0 Å². The lowest BCUT2D eigenvalue weighted by Crippen LogP contribution is -2.07. The van der Waals surface area contributed by atoms with Crippen LogP contribution in [0.4, 0.5) is 0 Å². The highest BCUT2D eigenvalue weighted by Gasteiger charge is 2.06. The maximum atomic E-state index is 5.23. The zero-order chi connectivity index (χ0) is 6.53. The summed E-state index contributed by atoms with van der Waals surface area (Å²) in [5.74, 6) is 0. The van der Waals surface area contributed by atoms with Gasteiger partial charge < -0.3 is 4.74 Å². The summed E-state index contributed by atoms with van der Waals surface area (Å²) in [5.41, 5.74) is 0. The molecule has 0 bridgehead atoms. The zero-order valence-electron chi connectivity index (χ0n) is 5.97. The van der Waals surface area contributed by atoms with Gasteiger partial charge in [0.1, 0.15) is 0 Å². The molecule has 1 aliphatic rings. The molecule has 0 aromatic heterocycles. The summed E-state index contributed by atoms with van der Waals surface area (Å²) in [6, 6.07) is 0. The molecule has 0 spiro atoms. The van der Waals surface area contributed by atoms with Crippen molar-refractivity contribution in [2.75, 3.05) is 7.11 Å². The van der Waals surface area contributed by atoms with Gasteiger partial charge in [-0.2, -0.15) is 0 Å². The van der Waals surface area contributed by atoms with Crippen molar-refractivity contribution in [1.29, 1.82) is 0 Å². The van der Waals surface area contributed by atoms with Crippen LogP contribution in [0, 0.1) is 0 Å². The quantitative estimate of drug-likeness (QED) is 0.489. The number of hydrogen-bond donors (Lipinski definition) is 0. The van der Waals surface area contributed by atoms with Crippen LogP contribution >= 0.6 is 0 Å². The first kappa shape index (κ1) is 6.81. The first-order chi connectivity index (χ1) is 4.43. The van der Waals surface area contributed by atoms with E-state index in [2.05, 4.69) is 12.2 Å². The van der Waals surface area contributed by atoms with E-state index >= 15 is 0 Å². The fourth-order valence-electron chi connectivity index (χ4n) is 1.18. The number of methoxy groups -OCH3 is 1. The van der Waals surface area contributed by atoms with Crippen molar-refractivity contribution in [2.24, 2.45) is 0 Å². The number of allylic oxidation sites excluding steroid dienone is 2. The van der Waals surface area contributed by atoms with E-state index in [1.807, 2.05) is 0 Å². The van der Waals surface area contributed by atoms with Gasteiger partial charge in [-0.25, -0.2) is 0 Å². The molecule has 0 amide bonds. The smallest absolute Gasteiger partial charge is 0.0577 e. The van der Waals surface area contributed by atoms with Gasteiger partial charge in [-0.05, 0) is 25.7 Å². The summed E-state index contributed by atoms with van der Waals surface area (Å²) < 4.78 is 5.23. The van der Waals surface area contributed by atoms with Gasteiger partial charge in [-0.15, -0.1) is 0 Å². The molecule has 0 unspecified atom stereocenters. The van der Waals surface area contributed by atoms with Crippen molar-refractivity contribution in [3.05, 3.63) is 12.2 Å². The molecule has 0 atom stereocenters. The summed E-state index contributed by atoms with van der Waals surface area (Å²) in [6.45, 7) is 0.